The molecule has 0 saturated carbocycles. The number of hydrogen-bond acceptors (Lipinski definition) is 4. The van der Waals surface area contributed by atoms with Gasteiger partial charge in [0.1, 0.15) is 0 Å². The summed E-state index contributed by atoms with van der Waals surface area (Å²) in [4.78, 5) is 21.6. The summed E-state index contributed by atoms with van der Waals surface area (Å²) in [5.74, 6) is -1.31. The Labute approximate surface area is 122 Å². The number of carboxylic acid groups (broad SMARTS) is 1. The van der Waals surface area contributed by atoms with Gasteiger partial charge in [-0.2, -0.15) is 0 Å². The minimum Gasteiger partial charge on any atom is -0.548 e. The van der Waals surface area contributed by atoms with Crippen LogP contribution in [0.1, 0.15) is 0 Å². The molecule has 16 heavy (non-hydrogen) atoms. The molecule has 0 amide bonds. The van der Waals surface area contributed by atoms with Crippen molar-refractivity contribution in [3.63, 3.8) is 0 Å². The average molecular weight is 266 g/mol. The number of para-hydroxylation sites is 1. The minimum atomic E-state index is -1.31. The van der Waals surface area contributed by atoms with Gasteiger partial charge in [-0.15, -0.1) is 0 Å². The second-order valence-electron chi connectivity index (χ2n) is 2.91. The van der Waals surface area contributed by atoms with Crippen LogP contribution in [-0.2, 0) is 11.3 Å². The molecule has 2 aromatic rings. The molecule has 0 saturated heterocycles. The maximum Gasteiger partial charge on any atom is 1.00 e. The summed E-state index contributed by atoms with van der Waals surface area (Å²) in [6, 6.07) is 5.05. The van der Waals surface area contributed by atoms with Gasteiger partial charge in [-0.3, -0.25) is 9.36 Å². The summed E-state index contributed by atoms with van der Waals surface area (Å²) in [5.41, 5.74) is 0.457. The Balaban J connectivity index is 0.00000128. The van der Waals surface area contributed by atoms with Crippen molar-refractivity contribution in [1.82, 2.24) is 4.57 Å². The monoisotopic (exact) mass is 265 g/mol. The number of aromatic nitrogens is 1. The van der Waals surface area contributed by atoms with Gasteiger partial charge in [-0.05, 0) is 12.1 Å². The molecule has 1 aromatic carbocycles. The average Bonchev–Trinajstić information content (AvgIpc) is 2.43. The van der Waals surface area contributed by atoms with Crippen molar-refractivity contribution in [3.8, 4) is 0 Å². The van der Waals surface area contributed by atoms with Gasteiger partial charge in [0.15, 0.2) is 0 Å². The topological polar surface area (TPSA) is 62.1 Å². The smallest absolute Gasteiger partial charge is 0.548 e. The van der Waals surface area contributed by atoms with E-state index in [0.717, 1.165) is 15.9 Å². The van der Waals surface area contributed by atoms with Crippen molar-refractivity contribution in [1.29, 1.82) is 0 Å². The normalized spacial score (nSPS) is 10.1. The summed E-state index contributed by atoms with van der Waals surface area (Å²) in [7, 11) is 0. The second kappa shape index (κ2) is 5.33. The SMILES string of the molecule is O=C([O-])Cn1c(=O)sc2cccc(Cl)c21.[Na+]. The van der Waals surface area contributed by atoms with E-state index >= 15 is 0 Å². The van der Waals surface area contributed by atoms with Crippen molar-refractivity contribution in [2.24, 2.45) is 0 Å². The molecule has 1 aromatic heterocycles. The number of nitrogens with zero attached hydrogens (tertiary/aromatic N) is 1. The number of hydrogen-bond donors (Lipinski definition) is 0. The molecule has 0 bridgehead atoms. The first-order chi connectivity index (χ1) is 7.09. The molecule has 0 aliphatic carbocycles. The van der Waals surface area contributed by atoms with E-state index in [1.165, 1.54) is 0 Å². The van der Waals surface area contributed by atoms with E-state index in [1.807, 2.05) is 0 Å². The number of fused-ring (bicyclic) bond motifs is 1. The fraction of sp³-hybridized carbons (Fsp3) is 0.111. The molecule has 4 nitrogen and oxygen atoms in total. The molecule has 0 atom stereocenters. The third-order valence-electron chi connectivity index (χ3n) is 1.92. The molecule has 0 unspecified atom stereocenters. The third-order valence-corrected chi connectivity index (χ3v) is 3.17. The first-order valence-electron chi connectivity index (χ1n) is 4.07. The Morgan fingerprint density at radius 1 is 1.50 bits per heavy atom. The van der Waals surface area contributed by atoms with Crippen molar-refractivity contribution >= 4 is 39.1 Å². The largest absolute Gasteiger partial charge is 1.00 e. The van der Waals surface area contributed by atoms with Crippen molar-refractivity contribution in [3.05, 3.63) is 32.9 Å². The summed E-state index contributed by atoms with van der Waals surface area (Å²) >= 11 is 6.86. The van der Waals surface area contributed by atoms with Crippen LogP contribution in [0.15, 0.2) is 23.0 Å². The molecule has 0 aliphatic heterocycles. The van der Waals surface area contributed by atoms with Crippen molar-refractivity contribution < 1.29 is 39.5 Å². The summed E-state index contributed by atoms with van der Waals surface area (Å²) in [6.07, 6.45) is 0. The minimum absolute atomic E-state index is 0. The Hall–Kier alpha value is -0.330. The third kappa shape index (κ3) is 2.49. The van der Waals surface area contributed by atoms with Gasteiger partial charge in [-0.1, -0.05) is 29.0 Å². The van der Waals surface area contributed by atoms with Gasteiger partial charge in [-0.25, -0.2) is 0 Å². The van der Waals surface area contributed by atoms with Gasteiger partial charge >= 0.3 is 34.4 Å². The number of rotatable bonds is 2. The molecule has 0 aliphatic rings. The van der Waals surface area contributed by atoms with Crippen LogP contribution in [-0.4, -0.2) is 10.5 Å². The van der Waals surface area contributed by atoms with Crippen LogP contribution in [0.3, 0.4) is 0 Å². The van der Waals surface area contributed by atoms with E-state index in [-0.39, 0.29) is 34.4 Å². The van der Waals surface area contributed by atoms with E-state index in [2.05, 4.69) is 0 Å². The van der Waals surface area contributed by atoms with Crippen molar-refractivity contribution in [2.45, 2.75) is 6.54 Å². The number of benzene rings is 1. The van der Waals surface area contributed by atoms with Crippen LogP contribution in [0, 0.1) is 0 Å². The molecule has 78 valence electrons. The standard InChI is InChI=1S/C9H6ClNO3S.Na/c10-5-2-1-3-6-8(5)11(4-7(12)13)9(14)15-6;/h1-3H,4H2,(H,12,13);/q;+1/p-1. The molecule has 1 heterocycles. The second-order valence-corrected chi connectivity index (χ2v) is 4.31. The molecule has 2 rings (SSSR count). The quantitative estimate of drug-likeness (QED) is 0.563. The fourth-order valence-electron chi connectivity index (χ4n) is 1.35. The van der Waals surface area contributed by atoms with Crippen LogP contribution in [0.25, 0.3) is 10.2 Å². The van der Waals surface area contributed by atoms with Gasteiger partial charge in [0, 0.05) is 0 Å². The van der Waals surface area contributed by atoms with E-state index in [4.69, 9.17) is 11.6 Å². The Morgan fingerprint density at radius 2 is 2.19 bits per heavy atom. The number of aliphatic carboxylic acids is 1. The van der Waals surface area contributed by atoms with Crippen LogP contribution in [0.4, 0.5) is 0 Å². The van der Waals surface area contributed by atoms with Crippen molar-refractivity contribution in [2.75, 3.05) is 0 Å². The molecule has 0 radical (unpaired) electrons. The predicted molar refractivity (Wildman–Crippen MR) is 56.1 cm³/mol. The molecule has 0 N–H and O–H groups in total. The Bertz CT molecular complexity index is 592. The zero-order valence-electron chi connectivity index (χ0n) is 8.40. The maximum atomic E-state index is 11.5. The molecule has 0 spiro atoms. The predicted octanol–water partition coefficient (Wildman–Crippen LogP) is -2.53. The van der Waals surface area contributed by atoms with Crippen LogP contribution in [0.5, 0.6) is 0 Å². The summed E-state index contributed by atoms with van der Waals surface area (Å²) < 4.78 is 1.78. The summed E-state index contributed by atoms with van der Waals surface area (Å²) in [6.45, 7) is -0.470. The van der Waals surface area contributed by atoms with E-state index in [0.29, 0.717) is 15.2 Å². The van der Waals surface area contributed by atoms with E-state index < -0.39 is 12.5 Å². The fourth-order valence-corrected chi connectivity index (χ4v) is 2.60. The number of halogens is 1. The van der Waals surface area contributed by atoms with Crippen LogP contribution < -0.4 is 39.5 Å². The maximum absolute atomic E-state index is 11.5. The number of thiazole rings is 1. The molecular formula is C9H5ClNNaO3S. The first-order valence-corrected chi connectivity index (χ1v) is 5.27. The molecular weight excluding hydrogens is 261 g/mol. The summed E-state index contributed by atoms with van der Waals surface area (Å²) in [5, 5.41) is 10.8. The van der Waals surface area contributed by atoms with E-state index in [1.54, 1.807) is 18.2 Å². The molecule has 7 heteroatoms. The van der Waals surface area contributed by atoms with Gasteiger partial charge in [0.05, 0.1) is 27.8 Å². The van der Waals surface area contributed by atoms with Crippen LogP contribution in [0.2, 0.25) is 5.02 Å². The number of carbonyl (C=O) groups excluding carboxylic acids is 1. The van der Waals surface area contributed by atoms with E-state index in [9.17, 15) is 14.7 Å². The first kappa shape index (κ1) is 13.7. The number of carbonyl (C=O) groups is 1. The van der Waals surface area contributed by atoms with Gasteiger partial charge in [0.2, 0.25) is 0 Å². The zero-order chi connectivity index (χ0) is 11.0. The Morgan fingerprint density at radius 3 is 2.81 bits per heavy atom. The van der Waals surface area contributed by atoms with Gasteiger partial charge in [0.25, 0.3) is 0 Å². The Kier molecular flexibility index (Phi) is 4.58. The number of carboxylic acids is 1. The van der Waals surface area contributed by atoms with Crippen LogP contribution >= 0.6 is 22.9 Å². The zero-order valence-corrected chi connectivity index (χ0v) is 12.0. The van der Waals surface area contributed by atoms with Gasteiger partial charge < -0.3 is 9.90 Å². The molecule has 0 fully saturated rings.